The van der Waals surface area contributed by atoms with Crippen molar-refractivity contribution in [2.45, 2.75) is 0 Å². The van der Waals surface area contributed by atoms with Gasteiger partial charge in [0.15, 0.2) is 0 Å². The fourth-order valence-corrected chi connectivity index (χ4v) is 8.07. The third-order valence-electron chi connectivity index (χ3n) is 9.20. The highest BCUT2D eigenvalue weighted by Gasteiger charge is 2.15. The fourth-order valence-electron chi connectivity index (χ4n) is 6.70. The molecule has 9 rings (SSSR count). The van der Waals surface area contributed by atoms with Crippen LogP contribution in [0, 0.1) is 0 Å². The molecule has 0 amide bonds. The molecular weight excluding hydrogens is 613 g/mol. The van der Waals surface area contributed by atoms with Gasteiger partial charge >= 0.3 is 0 Å². The number of aromatic nitrogens is 2. The van der Waals surface area contributed by atoms with Crippen LogP contribution in [0.25, 0.3) is 87.2 Å². The van der Waals surface area contributed by atoms with Crippen molar-refractivity contribution in [2.75, 3.05) is 0 Å². The summed E-state index contributed by atoms with van der Waals surface area (Å²) >= 11 is 1.88. The molecule has 3 aromatic heterocycles. The maximum Gasteiger partial charge on any atom is 0.0702 e. The van der Waals surface area contributed by atoms with Crippen LogP contribution in [0.5, 0.6) is 0 Å². The maximum atomic E-state index is 4.79. The summed E-state index contributed by atoms with van der Waals surface area (Å²) in [4.78, 5) is 9.57. The summed E-state index contributed by atoms with van der Waals surface area (Å²) in [5.41, 5.74) is 13.7. The number of fused-ring (bicyclic) bond motifs is 3. The number of benzene rings is 6. The van der Waals surface area contributed by atoms with Crippen molar-refractivity contribution in [3.63, 3.8) is 0 Å². The molecule has 3 heterocycles. The molecule has 0 N–H and O–H groups in total. The Hall–Kier alpha value is -6.16. The molecule has 49 heavy (non-hydrogen) atoms. The number of thiophene rings is 1. The van der Waals surface area contributed by atoms with Crippen molar-refractivity contribution < 1.29 is 0 Å². The molecule has 0 fully saturated rings. The van der Waals surface area contributed by atoms with Gasteiger partial charge in [-0.15, -0.1) is 11.3 Å². The molecule has 6 aromatic carbocycles. The second kappa shape index (κ2) is 12.5. The highest BCUT2D eigenvalue weighted by Crippen LogP contribution is 2.44. The molecule has 0 aliphatic carbocycles. The van der Waals surface area contributed by atoms with Crippen LogP contribution < -0.4 is 0 Å². The average molecular weight is 643 g/mol. The summed E-state index contributed by atoms with van der Waals surface area (Å²) in [5.74, 6) is 0. The van der Waals surface area contributed by atoms with Crippen molar-refractivity contribution in [1.29, 1.82) is 0 Å². The molecule has 9 aromatic rings. The van der Waals surface area contributed by atoms with Crippen molar-refractivity contribution in [3.8, 4) is 67.0 Å². The van der Waals surface area contributed by atoms with Crippen LogP contribution >= 0.6 is 11.3 Å². The summed E-state index contributed by atoms with van der Waals surface area (Å²) < 4.78 is 2.60. The van der Waals surface area contributed by atoms with Gasteiger partial charge in [-0.3, -0.25) is 9.97 Å². The lowest BCUT2D eigenvalue weighted by molar-refractivity contribution is 1.32. The lowest BCUT2D eigenvalue weighted by Crippen LogP contribution is -1.86. The molecule has 0 aliphatic rings. The zero-order chi connectivity index (χ0) is 32.6. The first kappa shape index (κ1) is 29.0. The minimum atomic E-state index is 0.981. The van der Waals surface area contributed by atoms with Crippen LogP contribution in [0.1, 0.15) is 0 Å². The van der Waals surface area contributed by atoms with E-state index >= 15 is 0 Å². The molecule has 3 heteroatoms. The number of pyridine rings is 2. The van der Waals surface area contributed by atoms with E-state index in [-0.39, 0.29) is 0 Å². The number of rotatable bonds is 6. The van der Waals surface area contributed by atoms with Gasteiger partial charge in [0, 0.05) is 54.8 Å². The summed E-state index contributed by atoms with van der Waals surface area (Å²) in [6.07, 6.45) is 3.96. The SMILES string of the molecule is c1ccc(-c2ccc(-c3cccc(-c4cccc5c4sc4c(-c6cccc(-c7ccc(-c8ccccc8)nc7)c6)cccc45)c3)cn2)cc1. The van der Waals surface area contributed by atoms with Crippen molar-refractivity contribution in [1.82, 2.24) is 9.97 Å². The first-order valence-electron chi connectivity index (χ1n) is 16.5. The zero-order valence-corrected chi connectivity index (χ0v) is 27.4. The summed E-state index contributed by atoms with van der Waals surface area (Å²) in [5, 5.41) is 2.57. The Morgan fingerprint density at radius 3 is 1.14 bits per heavy atom. The first-order valence-corrected chi connectivity index (χ1v) is 17.3. The lowest BCUT2D eigenvalue weighted by atomic mass is 9.97. The van der Waals surface area contributed by atoms with E-state index in [1.165, 1.54) is 42.4 Å². The molecule has 0 radical (unpaired) electrons. The predicted octanol–water partition coefficient (Wildman–Crippen LogP) is 12.8. The third-order valence-corrected chi connectivity index (χ3v) is 10.5. The van der Waals surface area contributed by atoms with Crippen molar-refractivity contribution in [3.05, 3.63) is 182 Å². The van der Waals surface area contributed by atoms with Crippen LogP contribution in [0.4, 0.5) is 0 Å². The van der Waals surface area contributed by atoms with E-state index in [0.717, 1.165) is 44.8 Å². The van der Waals surface area contributed by atoms with Crippen molar-refractivity contribution >= 4 is 31.5 Å². The highest BCUT2D eigenvalue weighted by molar-refractivity contribution is 7.26. The van der Waals surface area contributed by atoms with Gasteiger partial charge in [-0.2, -0.15) is 0 Å². The molecular formula is C46H30N2S. The maximum absolute atomic E-state index is 4.79. The van der Waals surface area contributed by atoms with Gasteiger partial charge in [0.25, 0.3) is 0 Å². The number of hydrogen-bond donors (Lipinski definition) is 0. The fraction of sp³-hybridized carbons (Fsp3) is 0. The van der Waals surface area contributed by atoms with Crippen LogP contribution in [-0.2, 0) is 0 Å². The van der Waals surface area contributed by atoms with Gasteiger partial charge in [-0.25, -0.2) is 0 Å². The quantitative estimate of drug-likeness (QED) is 0.180. The summed E-state index contributed by atoms with van der Waals surface area (Å²) in [7, 11) is 0. The second-order valence-electron chi connectivity index (χ2n) is 12.2. The van der Waals surface area contributed by atoms with E-state index in [9.17, 15) is 0 Å². The Bertz CT molecular complexity index is 2390. The van der Waals surface area contributed by atoms with Gasteiger partial charge < -0.3 is 0 Å². The Balaban J connectivity index is 1.08. The third kappa shape index (κ3) is 5.50. The summed E-state index contributed by atoms with van der Waals surface area (Å²) in [6.45, 7) is 0. The first-order chi connectivity index (χ1) is 24.3. The normalized spacial score (nSPS) is 11.3. The zero-order valence-electron chi connectivity index (χ0n) is 26.6. The predicted molar refractivity (Wildman–Crippen MR) is 208 cm³/mol. The molecule has 0 atom stereocenters. The van der Waals surface area contributed by atoms with Crippen LogP contribution in [-0.4, -0.2) is 9.97 Å². The Morgan fingerprint density at radius 2 is 0.714 bits per heavy atom. The number of nitrogens with zero attached hydrogens (tertiary/aromatic N) is 2. The van der Waals surface area contributed by atoms with Crippen LogP contribution in [0.15, 0.2) is 182 Å². The smallest absolute Gasteiger partial charge is 0.0702 e. The largest absolute Gasteiger partial charge is 0.256 e. The molecule has 0 spiro atoms. The minimum absolute atomic E-state index is 0.981. The minimum Gasteiger partial charge on any atom is -0.256 e. The molecule has 0 saturated heterocycles. The Labute approximate surface area is 289 Å². The number of hydrogen-bond acceptors (Lipinski definition) is 3. The van der Waals surface area contributed by atoms with E-state index < -0.39 is 0 Å². The van der Waals surface area contributed by atoms with Crippen molar-refractivity contribution in [2.24, 2.45) is 0 Å². The van der Waals surface area contributed by atoms with E-state index in [2.05, 4.69) is 133 Å². The summed E-state index contributed by atoms with van der Waals surface area (Å²) in [6, 6.07) is 60.2. The van der Waals surface area contributed by atoms with Crippen LogP contribution in [0.2, 0.25) is 0 Å². The monoisotopic (exact) mass is 642 g/mol. The van der Waals surface area contributed by atoms with E-state index in [1.807, 2.05) is 60.1 Å². The Kier molecular flexibility index (Phi) is 7.38. The molecule has 2 nitrogen and oxygen atoms in total. The van der Waals surface area contributed by atoms with E-state index in [1.54, 1.807) is 0 Å². The van der Waals surface area contributed by atoms with Gasteiger partial charge in [-0.05, 0) is 57.6 Å². The molecule has 0 aliphatic heterocycles. The molecule has 230 valence electrons. The Morgan fingerprint density at radius 1 is 0.306 bits per heavy atom. The van der Waals surface area contributed by atoms with Crippen LogP contribution in [0.3, 0.4) is 0 Å². The average Bonchev–Trinajstić information content (AvgIpc) is 3.58. The lowest BCUT2D eigenvalue weighted by Gasteiger charge is -2.08. The molecule has 0 bridgehead atoms. The topological polar surface area (TPSA) is 25.8 Å². The second-order valence-corrected chi connectivity index (χ2v) is 13.2. The van der Waals surface area contributed by atoms with Gasteiger partial charge in [0.1, 0.15) is 0 Å². The standard InChI is InChI=1S/C46H30N2S/c1-3-11-31(12-4-1)43-25-23-37(29-47-43)33-15-7-17-35(27-33)39-19-9-21-41-42-22-10-20-40(46(42)49-45(39)41)36-18-8-16-34(28-36)38-24-26-44(48-30-38)32-13-5-2-6-14-32/h1-30H. The molecule has 0 unspecified atom stereocenters. The van der Waals surface area contributed by atoms with Gasteiger partial charge in [-0.1, -0.05) is 146 Å². The van der Waals surface area contributed by atoms with E-state index in [4.69, 9.17) is 9.97 Å². The highest BCUT2D eigenvalue weighted by atomic mass is 32.1. The van der Waals surface area contributed by atoms with Gasteiger partial charge in [0.05, 0.1) is 11.4 Å². The van der Waals surface area contributed by atoms with Gasteiger partial charge in [0.2, 0.25) is 0 Å². The molecule has 0 saturated carbocycles. The van der Waals surface area contributed by atoms with E-state index in [0.29, 0.717) is 0 Å².